The smallest absolute Gasteiger partial charge is 0.298 e. The minimum Gasteiger partial charge on any atom is -0.496 e. The standard InChI is InChI=1S/C18H12N4O4/c1-25-14-9-8-11-5-2-3-6-12(11)15(14)18-20-17(21-26-18)16-13(22(23)24)7-4-10-19-16/h2-10H,1H3. The van der Waals surface area contributed by atoms with Crippen molar-refractivity contribution in [2.45, 2.75) is 0 Å². The fourth-order valence-electron chi connectivity index (χ4n) is 2.78. The Labute approximate surface area is 147 Å². The number of pyridine rings is 1. The summed E-state index contributed by atoms with van der Waals surface area (Å²) in [6, 6.07) is 14.3. The molecule has 4 rings (SSSR count). The first-order chi connectivity index (χ1) is 12.7. The first-order valence-electron chi connectivity index (χ1n) is 7.68. The Kier molecular flexibility index (Phi) is 3.77. The average molecular weight is 348 g/mol. The number of nitrogens with zero attached hydrogens (tertiary/aromatic N) is 4. The molecule has 0 aliphatic heterocycles. The van der Waals surface area contributed by atoms with Gasteiger partial charge in [-0.15, -0.1) is 0 Å². The molecule has 8 heteroatoms. The highest BCUT2D eigenvalue weighted by molar-refractivity contribution is 5.98. The van der Waals surface area contributed by atoms with E-state index >= 15 is 0 Å². The van der Waals surface area contributed by atoms with Crippen LogP contribution in [0.4, 0.5) is 5.69 Å². The number of aromatic nitrogens is 3. The Morgan fingerprint density at radius 2 is 1.96 bits per heavy atom. The van der Waals surface area contributed by atoms with Gasteiger partial charge in [-0.05, 0) is 22.9 Å². The first kappa shape index (κ1) is 15.7. The lowest BCUT2D eigenvalue weighted by molar-refractivity contribution is -0.384. The molecule has 0 saturated heterocycles. The largest absolute Gasteiger partial charge is 0.496 e. The van der Waals surface area contributed by atoms with Crippen molar-refractivity contribution in [3.8, 4) is 28.7 Å². The molecule has 4 aromatic rings. The van der Waals surface area contributed by atoms with Gasteiger partial charge in [0.15, 0.2) is 5.69 Å². The summed E-state index contributed by atoms with van der Waals surface area (Å²) < 4.78 is 10.8. The number of hydrogen-bond donors (Lipinski definition) is 0. The maximum atomic E-state index is 11.2. The second kappa shape index (κ2) is 6.25. The van der Waals surface area contributed by atoms with Crippen LogP contribution in [0, 0.1) is 10.1 Å². The van der Waals surface area contributed by atoms with E-state index in [0.29, 0.717) is 11.3 Å². The van der Waals surface area contributed by atoms with Gasteiger partial charge in [0.2, 0.25) is 5.82 Å². The van der Waals surface area contributed by atoms with Crippen LogP contribution in [0.2, 0.25) is 0 Å². The summed E-state index contributed by atoms with van der Waals surface area (Å²) in [5.74, 6) is 0.810. The monoisotopic (exact) mass is 348 g/mol. The van der Waals surface area contributed by atoms with Crippen LogP contribution in [-0.4, -0.2) is 27.2 Å². The summed E-state index contributed by atoms with van der Waals surface area (Å²) in [4.78, 5) is 19.0. The molecule has 8 nitrogen and oxygen atoms in total. The summed E-state index contributed by atoms with van der Waals surface area (Å²) in [5.41, 5.74) is 0.486. The zero-order valence-corrected chi connectivity index (χ0v) is 13.6. The van der Waals surface area contributed by atoms with Crippen LogP contribution >= 0.6 is 0 Å². The molecular formula is C18H12N4O4. The number of ether oxygens (including phenoxy) is 1. The molecule has 0 saturated carbocycles. The number of nitro groups is 1. The van der Waals surface area contributed by atoms with Crippen molar-refractivity contribution < 1.29 is 14.2 Å². The zero-order valence-electron chi connectivity index (χ0n) is 13.6. The number of rotatable bonds is 4. The van der Waals surface area contributed by atoms with Crippen LogP contribution in [-0.2, 0) is 0 Å². The van der Waals surface area contributed by atoms with E-state index in [1.54, 1.807) is 7.11 Å². The molecule has 0 aliphatic carbocycles. The quantitative estimate of drug-likeness (QED) is 0.407. The Hall–Kier alpha value is -3.81. The van der Waals surface area contributed by atoms with Gasteiger partial charge in [0.1, 0.15) is 5.75 Å². The van der Waals surface area contributed by atoms with Crippen LogP contribution in [0.25, 0.3) is 33.7 Å². The van der Waals surface area contributed by atoms with E-state index in [-0.39, 0.29) is 23.1 Å². The van der Waals surface area contributed by atoms with Gasteiger partial charge in [-0.2, -0.15) is 4.98 Å². The summed E-state index contributed by atoms with van der Waals surface area (Å²) in [6.45, 7) is 0. The van der Waals surface area contributed by atoms with E-state index in [0.717, 1.165) is 10.8 Å². The lowest BCUT2D eigenvalue weighted by Crippen LogP contribution is -1.95. The topological polar surface area (TPSA) is 104 Å². The molecule has 0 radical (unpaired) electrons. The maximum absolute atomic E-state index is 11.2. The van der Waals surface area contributed by atoms with Gasteiger partial charge in [0.05, 0.1) is 17.6 Å². The second-order valence-electron chi connectivity index (χ2n) is 5.42. The Balaban J connectivity index is 1.91. The molecule has 0 spiro atoms. The van der Waals surface area contributed by atoms with Crippen molar-refractivity contribution in [2.24, 2.45) is 0 Å². The number of methoxy groups -OCH3 is 1. The van der Waals surface area contributed by atoms with Gasteiger partial charge in [-0.3, -0.25) is 10.1 Å². The molecule has 0 bridgehead atoms. The van der Waals surface area contributed by atoms with Crippen molar-refractivity contribution in [3.63, 3.8) is 0 Å². The van der Waals surface area contributed by atoms with Crippen LogP contribution < -0.4 is 4.74 Å². The molecule has 0 N–H and O–H groups in total. The summed E-state index contributed by atoms with van der Waals surface area (Å²) in [7, 11) is 1.55. The van der Waals surface area contributed by atoms with Crippen LogP contribution in [0.5, 0.6) is 5.75 Å². The molecule has 2 aromatic heterocycles. The third-order valence-electron chi connectivity index (χ3n) is 3.95. The molecule has 0 fully saturated rings. The van der Waals surface area contributed by atoms with Crippen LogP contribution in [0.15, 0.2) is 59.3 Å². The number of fused-ring (bicyclic) bond motifs is 1. The highest BCUT2D eigenvalue weighted by Crippen LogP contribution is 2.37. The summed E-state index contributed by atoms with van der Waals surface area (Å²) in [6.07, 6.45) is 1.44. The lowest BCUT2D eigenvalue weighted by atomic mass is 10.0. The van der Waals surface area contributed by atoms with Crippen LogP contribution in [0.1, 0.15) is 0 Å². The molecule has 0 amide bonds. The van der Waals surface area contributed by atoms with Gasteiger partial charge in [0, 0.05) is 12.3 Å². The van der Waals surface area contributed by atoms with Gasteiger partial charge in [-0.25, -0.2) is 4.98 Å². The summed E-state index contributed by atoms with van der Waals surface area (Å²) >= 11 is 0. The molecule has 26 heavy (non-hydrogen) atoms. The SMILES string of the molecule is COc1ccc2ccccc2c1-c1nc(-c2ncccc2[N+](=O)[O-])no1. The summed E-state index contributed by atoms with van der Waals surface area (Å²) in [5, 5.41) is 16.9. The van der Waals surface area contributed by atoms with E-state index in [2.05, 4.69) is 15.1 Å². The number of hydrogen-bond acceptors (Lipinski definition) is 7. The molecule has 2 heterocycles. The van der Waals surface area contributed by atoms with E-state index in [1.165, 1.54) is 18.3 Å². The predicted molar refractivity (Wildman–Crippen MR) is 93.7 cm³/mol. The average Bonchev–Trinajstić information content (AvgIpc) is 3.16. The van der Waals surface area contributed by atoms with Crippen molar-refractivity contribution in [1.29, 1.82) is 0 Å². The van der Waals surface area contributed by atoms with Gasteiger partial charge < -0.3 is 9.26 Å². The van der Waals surface area contributed by atoms with Crippen LogP contribution in [0.3, 0.4) is 0 Å². The minimum atomic E-state index is -0.531. The zero-order chi connectivity index (χ0) is 18.1. The van der Waals surface area contributed by atoms with E-state index < -0.39 is 4.92 Å². The van der Waals surface area contributed by atoms with Crippen molar-refractivity contribution >= 4 is 16.5 Å². The van der Waals surface area contributed by atoms with Gasteiger partial charge in [-0.1, -0.05) is 35.5 Å². The normalized spacial score (nSPS) is 10.8. The Bertz CT molecular complexity index is 1120. The first-order valence-corrected chi connectivity index (χ1v) is 7.68. The second-order valence-corrected chi connectivity index (χ2v) is 5.42. The third kappa shape index (κ3) is 2.53. The number of benzene rings is 2. The molecule has 0 atom stereocenters. The van der Waals surface area contributed by atoms with Crippen molar-refractivity contribution in [2.75, 3.05) is 7.11 Å². The van der Waals surface area contributed by atoms with Crippen molar-refractivity contribution in [3.05, 3.63) is 64.8 Å². The molecule has 128 valence electrons. The highest BCUT2D eigenvalue weighted by atomic mass is 16.6. The molecule has 0 aliphatic rings. The Morgan fingerprint density at radius 3 is 2.77 bits per heavy atom. The molecular weight excluding hydrogens is 336 g/mol. The Morgan fingerprint density at radius 1 is 1.12 bits per heavy atom. The molecule has 2 aromatic carbocycles. The fraction of sp³-hybridized carbons (Fsp3) is 0.0556. The fourth-order valence-corrected chi connectivity index (χ4v) is 2.78. The third-order valence-corrected chi connectivity index (χ3v) is 3.95. The van der Waals surface area contributed by atoms with E-state index in [4.69, 9.17) is 9.26 Å². The van der Waals surface area contributed by atoms with Gasteiger partial charge >= 0.3 is 0 Å². The predicted octanol–water partition coefficient (Wildman–Crippen LogP) is 3.87. The van der Waals surface area contributed by atoms with Gasteiger partial charge in [0.25, 0.3) is 11.6 Å². The maximum Gasteiger partial charge on any atom is 0.298 e. The molecule has 0 unspecified atom stereocenters. The van der Waals surface area contributed by atoms with E-state index in [9.17, 15) is 10.1 Å². The van der Waals surface area contributed by atoms with Crippen molar-refractivity contribution in [1.82, 2.24) is 15.1 Å². The lowest BCUT2D eigenvalue weighted by Gasteiger charge is -2.08. The van der Waals surface area contributed by atoms with E-state index in [1.807, 2.05) is 36.4 Å². The highest BCUT2D eigenvalue weighted by Gasteiger charge is 2.23. The minimum absolute atomic E-state index is 0.0438.